The zero-order valence-corrected chi connectivity index (χ0v) is 24.9. The fraction of sp³-hybridized carbons (Fsp3) is 0.152. The molecule has 0 aliphatic carbocycles. The Bertz CT molecular complexity index is 1870. The number of hydrogen-bond donors (Lipinski definition) is 3. The molecule has 1 heterocycles. The minimum absolute atomic E-state index is 0.0199. The molecule has 5 rings (SSSR count). The van der Waals surface area contributed by atoms with E-state index in [-0.39, 0.29) is 47.5 Å². The Morgan fingerprint density at radius 2 is 1.59 bits per heavy atom. The Labute approximate surface area is 254 Å². The fourth-order valence-corrected chi connectivity index (χ4v) is 6.35. The van der Waals surface area contributed by atoms with E-state index in [9.17, 15) is 23.2 Å². The zero-order chi connectivity index (χ0) is 31.3. The van der Waals surface area contributed by atoms with E-state index in [1.54, 1.807) is 67.9 Å². The van der Waals surface area contributed by atoms with Crippen LogP contribution in [0.2, 0.25) is 0 Å². The summed E-state index contributed by atoms with van der Waals surface area (Å²) < 4.78 is 40.7. The van der Waals surface area contributed by atoms with E-state index < -0.39 is 15.9 Å². The number of carbonyl (C=O) groups is 2. The first kappa shape index (κ1) is 30.3. The van der Waals surface area contributed by atoms with Crippen molar-refractivity contribution in [2.24, 2.45) is 0 Å². The predicted octanol–water partition coefficient (Wildman–Crippen LogP) is 5.37. The van der Waals surface area contributed by atoms with Crippen LogP contribution in [0.25, 0.3) is 11.0 Å². The van der Waals surface area contributed by atoms with Gasteiger partial charge in [0.25, 0.3) is 21.8 Å². The van der Waals surface area contributed by atoms with Crippen molar-refractivity contribution in [2.75, 3.05) is 17.5 Å². The molecule has 4 aromatic carbocycles. The van der Waals surface area contributed by atoms with Crippen LogP contribution in [0.1, 0.15) is 37.6 Å². The molecule has 5 aromatic rings. The summed E-state index contributed by atoms with van der Waals surface area (Å²) in [5.74, 6) is -0.583. The SMILES string of the molecule is Cc1cc(C)c(C(=O)NO)c(N(Cc2ccccc2)S(=O)(=O)c2ccc(OCCNC(=O)c3cc4ccccc4o3)cc2)c1. The van der Waals surface area contributed by atoms with Crippen molar-refractivity contribution in [1.29, 1.82) is 0 Å². The Hall–Kier alpha value is -5.13. The highest BCUT2D eigenvalue weighted by molar-refractivity contribution is 7.92. The molecule has 0 atom stereocenters. The molecule has 0 aliphatic rings. The van der Waals surface area contributed by atoms with Gasteiger partial charge in [0, 0.05) is 5.39 Å². The molecule has 0 radical (unpaired) electrons. The topological polar surface area (TPSA) is 138 Å². The van der Waals surface area contributed by atoms with E-state index >= 15 is 0 Å². The van der Waals surface area contributed by atoms with Gasteiger partial charge in [0.05, 0.1) is 29.2 Å². The minimum Gasteiger partial charge on any atom is -0.492 e. The third-order valence-electron chi connectivity index (χ3n) is 6.94. The molecule has 2 amide bonds. The standard InChI is InChI=1S/C33H31N3O7S/c1-22-18-23(2)31(33(38)35-39)28(19-22)36(21-24-8-4-3-5-9-24)44(40,41)27-14-12-26(13-15-27)42-17-16-34-32(37)30-20-25-10-6-7-11-29(25)43-30/h3-15,18-20,39H,16-17,21H2,1-2H3,(H,34,37)(H,35,38). The van der Waals surface area contributed by atoms with E-state index in [0.29, 0.717) is 22.5 Å². The van der Waals surface area contributed by atoms with Crippen LogP contribution in [0.15, 0.2) is 106 Å². The van der Waals surface area contributed by atoms with E-state index in [2.05, 4.69) is 5.32 Å². The van der Waals surface area contributed by atoms with Crippen molar-refractivity contribution in [3.05, 3.63) is 125 Å². The molecule has 0 aliphatic heterocycles. The Morgan fingerprint density at radius 3 is 2.30 bits per heavy atom. The summed E-state index contributed by atoms with van der Waals surface area (Å²) in [5.41, 5.74) is 4.40. The number of amides is 2. The van der Waals surface area contributed by atoms with E-state index in [0.717, 1.165) is 15.3 Å². The maximum Gasteiger partial charge on any atom is 0.287 e. The molecule has 0 bridgehead atoms. The first-order valence-electron chi connectivity index (χ1n) is 13.8. The molecular formula is C33H31N3O7S. The Morgan fingerprint density at radius 1 is 0.886 bits per heavy atom. The van der Waals surface area contributed by atoms with Gasteiger partial charge in [-0.1, -0.05) is 54.6 Å². The molecule has 44 heavy (non-hydrogen) atoms. The summed E-state index contributed by atoms with van der Waals surface area (Å²) in [4.78, 5) is 25.1. The molecular weight excluding hydrogens is 582 g/mol. The lowest BCUT2D eigenvalue weighted by molar-refractivity contribution is 0.0706. The van der Waals surface area contributed by atoms with Crippen molar-refractivity contribution in [3.8, 4) is 5.75 Å². The number of nitrogens with zero attached hydrogens (tertiary/aromatic N) is 1. The largest absolute Gasteiger partial charge is 0.492 e. The minimum atomic E-state index is -4.20. The molecule has 0 spiro atoms. The second-order valence-corrected chi connectivity index (χ2v) is 12.0. The smallest absolute Gasteiger partial charge is 0.287 e. The van der Waals surface area contributed by atoms with Gasteiger partial charge in [-0.2, -0.15) is 0 Å². The van der Waals surface area contributed by atoms with Crippen LogP contribution in [-0.2, 0) is 16.6 Å². The number of benzene rings is 4. The Kier molecular flexibility index (Phi) is 8.98. The molecule has 10 nitrogen and oxygen atoms in total. The molecule has 226 valence electrons. The molecule has 3 N–H and O–H groups in total. The van der Waals surface area contributed by atoms with Gasteiger partial charge in [-0.05, 0) is 73.0 Å². The summed E-state index contributed by atoms with van der Waals surface area (Å²) in [6, 6.07) is 27.3. The van der Waals surface area contributed by atoms with Crippen LogP contribution in [0.4, 0.5) is 5.69 Å². The number of rotatable bonds is 11. The van der Waals surface area contributed by atoms with Crippen LogP contribution in [0.3, 0.4) is 0 Å². The second-order valence-electron chi connectivity index (χ2n) is 10.1. The molecule has 11 heteroatoms. The summed E-state index contributed by atoms with van der Waals surface area (Å²) in [6.07, 6.45) is 0. The van der Waals surface area contributed by atoms with Crippen molar-refractivity contribution >= 4 is 38.5 Å². The van der Waals surface area contributed by atoms with Gasteiger partial charge in [-0.25, -0.2) is 13.9 Å². The highest BCUT2D eigenvalue weighted by Crippen LogP contribution is 2.33. The molecule has 0 saturated carbocycles. The van der Waals surface area contributed by atoms with Gasteiger partial charge in [0.15, 0.2) is 5.76 Å². The number of para-hydroxylation sites is 1. The number of carbonyl (C=O) groups excluding carboxylic acids is 2. The number of sulfonamides is 1. The molecule has 0 unspecified atom stereocenters. The average Bonchev–Trinajstić information content (AvgIpc) is 3.46. The van der Waals surface area contributed by atoms with Crippen LogP contribution in [0.5, 0.6) is 5.75 Å². The number of furan rings is 1. The van der Waals surface area contributed by atoms with Gasteiger partial charge >= 0.3 is 0 Å². The first-order chi connectivity index (χ1) is 21.2. The molecule has 1 aromatic heterocycles. The lowest BCUT2D eigenvalue weighted by atomic mass is 10.0. The number of aryl methyl sites for hydroxylation is 2. The van der Waals surface area contributed by atoms with E-state index in [4.69, 9.17) is 9.15 Å². The van der Waals surface area contributed by atoms with E-state index in [1.165, 1.54) is 24.3 Å². The van der Waals surface area contributed by atoms with Crippen LogP contribution >= 0.6 is 0 Å². The number of nitrogens with one attached hydrogen (secondary N) is 2. The summed E-state index contributed by atoms with van der Waals surface area (Å²) in [6.45, 7) is 3.76. The second kappa shape index (κ2) is 13.0. The van der Waals surface area contributed by atoms with Crippen LogP contribution < -0.4 is 19.8 Å². The average molecular weight is 614 g/mol. The number of fused-ring (bicyclic) bond motifs is 1. The van der Waals surface area contributed by atoms with Crippen molar-refractivity contribution in [1.82, 2.24) is 10.8 Å². The monoisotopic (exact) mass is 613 g/mol. The van der Waals surface area contributed by atoms with E-state index in [1.807, 2.05) is 24.3 Å². The van der Waals surface area contributed by atoms with Gasteiger partial charge < -0.3 is 14.5 Å². The van der Waals surface area contributed by atoms with Gasteiger partial charge in [-0.3, -0.25) is 19.1 Å². The predicted molar refractivity (Wildman–Crippen MR) is 165 cm³/mol. The summed E-state index contributed by atoms with van der Waals surface area (Å²) >= 11 is 0. The summed E-state index contributed by atoms with van der Waals surface area (Å²) in [7, 11) is -4.20. The third kappa shape index (κ3) is 6.59. The lowest BCUT2D eigenvalue weighted by Gasteiger charge is -2.28. The normalized spacial score (nSPS) is 11.2. The highest BCUT2D eigenvalue weighted by atomic mass is 32.2. The quantitative estimate of drug-likeness (QED) is 0.103. The maximum atomic E-state index is 14.1. The van der Waals surface area contributed by atoms with Gasteiger partial charge in [0.2, 0.25) is 0 Å². The third-order valence-corrected chi connectivity index (χ3v) is 8.72. The fourth-order valence-electron chi connectivity index (χ4n) is 4.89. The number of hydrogen-bond acceptors (Lipinski definition) is 7. The van der Waals surface area contributed by atoms with Gasteiger partial charge in [-0.15, -0.1) is 0 Å². The number of ether oxygens (including phenoxy) is 1. The lowest BCUT2D eigenvalue weighted by Crippen LogP contribution is -2.33. The highest BCUT2D eigenvalue weighted by Gasteiger charge is 2.30. The molecule has 0 saturated heterocycles. The molecule has 0 fully saturated rings. The maximum absolute atomic E-state index is 14.1. The Balaban J connectivity index is 1.33. The van der Waals surface area contributed by atoms with Crippen molar-refractivity contribution < 1.29 is 32.4 Å². The van der Waals surface area contributed by atoms with Gasteiger partial charge in [0.1, 0.15) is 17.9 Å². The van der Waals surface area contributed by atoms with Crippen molar-refractivity contribution in [3.63, 3.8) is 0 Å². The summed E-state index contributed by atoms with van der Waals surface area (Å²) in [5, 5.41) is 13.0. The van der Waals surface area contributed by atoms with Crippen LogP contribution in [0, 0.1) is 13.8 Å². The zero-order valence-electron chi connectivity index (χ0n) is 24.1. The first-order valence-corrected chi connectivity index (χ1v) is 15.2. The van der Waals surface area contributed by atoms with Crippen LogP contribution in [-0.4, -0.2) is 38.6 Å². The van der Waals surface area contributed by atoms with Crippen molar-refractivity contribution in [2.45, 2.75) is 25.3 Å². The number of hydroxylamine groups is 1. The number of anilines is 1.